The summed E-state index contributed by atoms with van der Waals surface area (Å²) in [6, 6.07) is 10.0. The summed E-state index contributed by atoms with van der Waals surface area (Å²) >= 11 is 12.2. The highest BCUT2D eigenvalue weighted by Crippen LogP contribution is 2.33. The molecular formula is C15H11Cl2N3O3. The Balaban J connectivity index is 2.40. The molecule has 2 N–H and O–H groups in total. The fourth-order valence-corrected chi connectivity index (χ4v) is 2.77. The Morgan fingerprint density at radius 2 is 1.96 bits per heavy atom. The predicted octanol–water partition coefficient (Wildman–Crippen LogP) is 3.92. The van der Waals surface area contributed by atoms with Crippen LogP contribution in [0.3, 0.4) is 0 Å². The fraction of sp³-hybridized carbons (Fsp3) is 0.133. The van der Waals surface area contributed by atoms with Crippen LogP contribution >= 0.6 is 23.2 Å². The molecule has 1 atom stereocenters. The highest BCUT2D eigenvalue weighted by molar-refractivity contribution is 6.36. The Bertz CT molecular complexity index is 770. The molecule has 0 aromatic heterocycles. The van der Waals surface area contributed by atoms with E-state index in [1.165, 1.54) is 12.1 Å². The molecule has 0 saturated carbocycles. The van der Waals surface area contributed by atoms with Crippen molar-refractivity contribution in [1.29, 1.82) is 5.26 Å². The van der Waals surface area contributed by atoms with E-state index in [2.05, 4.69) is 5.32 Å². The number of nitrogens with one attached hydrogen (secondary N) is 1. The van der Waals surface area contributed by atoms with Crippen molar-refractivity contribution in [3.05, 3.63) is 67.7 Å². The van der Waals surface area contributed by atoms with Gasteiger partial charge in [-0.3, -0.25) is 10.1 Å². The van der Waals surface area contributed by atoms with Gasteiger partial charge in [-0.1, -0.05) is 29.3 Å². The summed E-state index contributed by atoms with van der Waals surface area (Å²) in [5, 5.41) is 33.2. The second kappa shape index (κ2) is 7.29. The summed E-state index contributed by atoms with van der Waals surface area (Å²) in [5.41, 5.74) is 0.720. The standard InChI is InChI=1S/C15H11Cl2N3O3/c16-11-2-1-3-12(17)15(11)14(8-21)19-13-5-4-10(20(22)23)6-9(13)7-18/h1-6,14,19,21H,8H2. The Morgan fingerprint density at radius 3 is 2.48 bits per heavy atom. The third kappa shape index (κ3) is 3.71. The third-order valence-corrected chi connectivity index (χ3v) is 3.85. The summed E-state index contributed by atoms with van der Waals surface area (Å²) in [7, 11) is 0. The van der Waals surface area contributed by atoms with E-state index in [0.29, 0.717) is 21.3 Å². The van der Waals surface area contributed by atoms with Crippen LogP contribution in [0, 0.1) is 21.4 Å². The quantitative estimate of drug-likeness (QED) is 0.628. The number of hydrogen-bond donors (Lipinski definition) is 2. The molecular weight excluding hydrogens is 341 g/mol. The first kappa shape index (κ1) is 17.0. The summed E-state index contributed by atoms with van der Waals surface area (Å²) in [6.07, 6.45) is 0. The molecule has 0 aliphatic carbocycles. The average Bonchev–Trinajstić information content (AvgIpc) is 2.53. The minimum Gasteiger partial charge on any atom is -0.394 e. The number of nitro groups is 1. The molecule has 6 nitrogen and oxygen atoms in total. The summed E-state index contributed by atoms with van der Waals surface area (Å²) in [6.45, 7) is -0.328. The van der Waals surface area contributed by atoms with Crippen molar-refractivity contribution in [3.63, 3.8) is 0 Å². The molecule has 23 heavy (non-hydrogen) atoms. The van der Waals surface area contributed by atoms with Gasteiger partial charge in [0.1, 0.15) is 6.07 Å². The zero-order chi connectivity index (χ0) is 17.0. The lowest BCUT2D eigenvalue weighted by Crippen LogP contribution is -2.16. The first-order valence-corrected chi connectivity index (χ1v) is 7.23. The van der Waals surface area contributed by atoms with E-state index in [4.69, 9.17) is 28.5 Å². The van der Waals surface area contributed by atoms with Crippen LogP contribution in [-0.2, 0) is 0 Å². The van der Waals surface area contributed by atoms with Crippen LogP contribution in [0.15, 0.2) is 36.4 Å². The van der Waals surface area contributed by atoms with Gasteiger partial charge in [0, 0.05) is 27.7 Å². The van der Waals surface area contributed by atoms with Crippen molar-refractivity contribution in [2.75, 3.05) is 11.9 Å². The van der Waals surface area contributed by atoms with Crippen LogP contribution in [-0.4, -0.2) is 16.6 Å². The van der Waals surface area contributed by atoms with E-state index in [9.17, 15) is 15.2 Å². The van der Waals surface area contributed by atoms with Crippen molar-refractivity contribution in [3.8, 4) is 6.07 Å². The molecule has 0 amide bonds. The van der Waals surface area contributed by atoms with Gasteiger partial charge in [-0.15, -0.1) is 0 Å². The van der Waals surface area contributed by atoms with Gasteiger partial charge in [0.15, 0.2) is 0 Å². The van der Waals surface area contributed by atoms with Crippen molar-refractivity contribution in [2.45, 2.75) is 6.04 Å². The van der Waals surface area contributed by atoms with Crippen molar-refractivity contribution in [1.82, 2.24) is 0 Å². The van der Waals surface area contributed by atoms with Gasteiger partial charge < -0.3 is 10.4 Å². The lowest BCUT2D eigenvalue weighted by Gasteiger charge is -2.21. The summed E-state index contributed by atoms with van der Waals surface area (Å²) < 4.78 is 0. The van der Waals surface area contributed by atoms with E-state index < -0.39 is 11.0 Å². The van der Waals surface area contributed by atoms with Crippen molar-refractivity contribution >= 4 is 34.6 Å². The van der Waals surface area contributed by atoms with Gasteiger partial charge in [-0.2, -0.15) is 5.26 Å². The van der Waals surface area contributed by atoms with E-state index in [0.717, 1.165) is 6.07 Å². The maximum absolute atomic E-state index is 10.8. The van der Waals surface area contributed by atoms with E-state index in [1.54, 1.807) is 18.2 Å². The number of nitriles is 1. The molecule has 0 aliphatic heterocycles. The van der Waals surface area contributed by atoms with Gasteiger partial charge in [-0.25, -0.2) is 0 Å². The maximum atomic E-state index is 10.8. The molecule has 1 unspecified atom stereocenters. The van der Waals surface area contributed by atoms with Crippen molar-refractivity contribution < 1.29 is 10.0 Å². The number of aliphatic hydroxyl groups is 1. The van der Waals surface area contributed by atoms with Crippen LogP contribution in [0.4, 0.5) is 11.4 Å². The predicted molar refractivity (Wildman–Crippen MR) is 87.7 cm³/mol. The van der Waals surface area contributed by atoms with E-state index in [1.807, 2.05) is 6.07 Å². The number of nitro benzene ring substituents is 1. The molecule has 0 saturated heterocycles. The largest absolute Gasteiger partial charge is 0.394 e. The minimum atomic E-state index is -0.662. The molecule has 0 fully saturated rings. The number of rotatable bonds is 5. The zero-order valence-corrected chi connectivity index (χ0v) is 13.2. The number of halogens is 2. The monoisotopic (exact) mass is 351 g/mol. The van der Waals surface area contributed by atoms with Gasteiger partial charge >= 0.3 is 0 Å². The van der Waals surface area contributed by atoms with Gasteiger partial charge in [0.25, 0.3) is 5.69 Å². The van der Waals surface area contributed by atoms with Gasteiger partial charge in [0.2, 0.25) is 0 Å². The molecule has 8 heteroatoms. The number of benzene rings is 2. The van der Waals surface area contributed by atoms with Crippen LogP contribution < -0.4 is 5.32 Å². The lowest BCUT2D eigenvalue weighted by atomic mass is 10.1. The van der Waals surface area contributed by atoms with Gasteiger partial charge in [-0.05, 0) is 18.2 Å². The second-order valence-electron chi connectivity index (χ2n) is 4.61. The number of nitrogens with zero attached hydrogens (tertiary/aromatic N) is 2. The molecule has 0 heterocycles. The molecule has 0 radical (unpaired) electrons. The smallest absolute Gasteiger partial charge is 0.270 e. The highest BCUT2D eigenvalue weighted by atomic mass is 35.5. The lowest BCUT2D eigenvalue weighted by molar-refractivity contribution is -0.384. The topological polar surface area (TPSA) is 99.2 Å². The number of anilines is 1. The molecule has 0 bridgehead atoms. The Kier molecular flexibility index (Phi) is 5.40. The first-order chi connectivity index (χ1) is 11.0. The Labute approximate surface area is 142 Å². The first-order valence-electron chi connectivity index (χ1n) is 6.47. The Hall–Kier alpha value is -2.33. The number of hydrogen-bond acceptors (Lipinski definition) is 5. The maximum Gasteiger partial charge on any atom is 0.270 e. The molecule has 0 aliphatic rings. The third-order valence-electron chi connectivity index (χ3n) is 3.19. The molecule has 0 spiro atoms. The van der Waals surface area contributed by atoms with E-state index in [-0.39, 0.29) is 17.9 Å². The summed E-state index contributed by atoms with van der Waals surface area (Å²) in [5.74, 6) is 0. The molecule has 2 rings (SSSR count). The van der Waals surface area contributed by atoms with E-state index >= 15 is 0 Å². The van der Waals surface area contributed by atoms with Crippen LogP contribution in [0.25, 0.3) is 0 Å². The Morgan fingerprint density at radius 1 is 1.30 bits per heavy atom. The molecule has 2 aromatic carbocycles. The minimum absolute atomic E-state index is 0.0841. The normalized spacial score (nSPS) is 11.6. The van der Waals surface area contributed by atoms with Gasteiger partial charge in [0.05, 0.1) is 28.8 Å². The van der Waals surface area contributed by atoms with Crippen LogP contribution in [0.5, 0.6) is 0 Å². The number of aliphatic hydroxyl groups excluding tert-OH is 1. The summed E-state index contributed by atoms with van der Waals surface area (Å²) in [4.78, 5) is 10.2. The van der Waals surface area contributed by atoms with Crippen molar-refractivity contribution in [2.24, 2.45) is 0 Å². The SMILES string of the molecule is N#Cc1cc([N+](=O)[O-])ccc1NC(CO)c1c(Cl)cccc1Cl. The fourth-order valence-electron chi connectivity index (χ4n) is 2.10. The molecule has 2 aromatic rings. The van der Waals surface area contributed by atoms with Crippen LogP contribution in [0.2, 0.25) is 10.0 Å². The second-order valence-corrected chi connectivity index (χ2v) is 5.43. The highest BCUT2D eigenvalue weighted by Gasteiger charge is 2.19. The zero-order valence-electron chi connectivity index (χ0n) is 11.7. The average molecular weight is 352 g/mol. The van der Waals surface area contributed by atoms with Crippen LogP contribution in [0.1, 0.15) is 17.2 Å². The molecule has 118 valence electrons. The number of non-ortho nitro benzene ring substituents is 1.